The van der Waals surface area contributed by atoms with Gasteiger partial charge in [0.2, 0.25) is 0 Å². The number of hydrogen-bond donors (Lipinski definition) is 1. The van der Waals surface area contributed by atoms with Crippen LogP contribution in [-0.4, -0.2) is 23.0 Å². The van der Waals surface area contributed by atoms with Crippen LogP contribution >= 0.6 is 0 Å². The fraction of sp³-hybridized carbons (Fsp3) is 0.176. The van der Waals surface area contributed by atoms with E-state index in [1.54, 1.807) is 30.3 Å². The number of benzene rings is 2. The van der Waals surface area contributed by atoms with E-state index in [0.717, 1.165) is 5.56 Å². The van der Waals surface area contributed by atoms with Crippen LogP contribution in [0.25, 0.3) is 10.9 Å². The summed E-state index contributed by atoms with van der Waals surface area (Å²) in [6, 6.07) is 11.5. The van der Waals surface area contributed by atoms with Gasteiger partial charge in [0.1, 0.15) is 35.8 Å². The second-order valence-corrected chi connectivity index (χ2v) is 5.06. The zero-order valence-electron chi connectivity index (χ0n) is 12.5. The van der Waals surface area contributed by atoms with Crippen molar-refractivity contribution in [2.45, 2.75) is 13.0 Å². The summed E-state index contributed by atoms with van der Waals surface area (Å²) in [6.07, 6.45) is -1.23. The number of para-hydroxylation sites is 1. The molecule has 0 aliphatic rings. The lowest BCUT2D eigenvalue weighted by Crippen LogP contribution is -2.07. The van der Waals surface area contributed by atoms with Crippen molar-refractivity contribution in [3.05, 3.63) is 60.2 Å². The summed E-state index contributed by atoms with van der Waals surface area (Å²) >= 11 is 0. The van der Waals surface area contributed by atoms with Gasteiger partial charge in [0.25, 0.3) is 6.43 Å². The number of ether oxygens (including phenoxy) is 1. The first-order valence-electron chi connectivity index (χ1n) is 7.26. The average molecular weight is 333 g/mol. The van der Waals surface area contributed by atoms with Gasteiger partial charge in [-0.3, -0.25) is 0 Å². The van der Waals surface area contributed by atoms with Gasteiger partial charge in [-0.05, 0) is 29.8 Å². The van der Waals surface area contributed by atoms with E-state index in [4.69, 9.17) is 4.74 Å². The Morgan fingerprint density at radius 2 is 1.92 bits per heavy atom. The van der Waals surface area contributed by atoms with E-state index in [9.17, 15) is 13.2 Å². The molecule has 0 atom stereocenters. The van der Waals surface area contributed by atoms with Crippen LogP contribution in [0.5, 0.6) is 5.75 Å². The molecule has 124 valence electrons. The van der Waals surface area contributed by atoms with Crippen LogP contribution in [0.3, 0.4) is 0 Å². The average Bonchev–Trinajstić information content (AvgIpc) is 2.59. The van der Waals surface area contributed by atoms with Gasteiger partial charge < -0.3 is 10.1 Å². The normalized spacial score (nSPS) is 11.0. The van der Waals surface area contributed by atoms with E-state index in [1.807, 2.05) is 6.07 Å². The topological polar surface area (TPSA) is 47.0 Å². The third-order valence-electron chi connectivity index (χ3n) is 3.35. The smallest absolute Gasteiger partial charge is 0.272 e. The van der Waals surface area contributed by atoms with Gasteiger partial charge in [0, 0.05) is 11.9 Å². The molecule has 24 heavy (non-hydrogen) atoms. The van der Waals surface area contributed by atoms with Crippen molar-refractivity contribution in [1.29, 1.82) is 0 Å². The first-order chi connectivity index (χ1) is 11.6. The number of alkyl halides is 2. The molecule has 0 amide bonds. The number of nitrogens with zero attached hydrogens (tertiary/aromatic N) is 2. The molecule has 0 fully saturated rings. The summed E-state index contributed by atoms with van der Waals surface area (Å²) in [5.41, 5.74) is 1.06. The number of anilines is 1. The molecule has 0 radical (unpaired) electrons. The SMILES string of the molecule is Fc1cccc2c(NCc3cccc(OCC(F)F)c3)ncnc12. The number of nitrogens with one attached hydrogen (secondary N) is 1. The molecule has 0 aliphatic heterocycles. The second-order valence-electron chi connectivity index (χ2n) is 5.06. The molecule has 0 saturated heterocycles. The van der Waals surface area contributed by atoms with Crippen molar-refractivity contribution in [1.82, 2.24) is 9.97 Å². The molecule has 3 aromatic rings. The van der Waals surface area contributed by atoms with E-state index in [0.29, 0.717) is 23.5 Å². The van der Waals surface area contributed by atoms with E-state index in [-0.39, 0.29) is 5.52 Å². The number of hydrogen-bond acceptors (Lipinski definition) is 4. The van der Waals surface area contributed by atoms with Gasteiger partial charge in [-0.25, -0.2) is 23.1 Å². The van der Waals surface area contributed by atoms with Crippen molar-refractivity contribution in [3.63, 3.8) is 0 Å². The highest BCUT2D eigenvalue weighted by Crippen LogP contribution is 2.22. The Hall–Kier alpha value is -2.83. The lowest BCUT2D eigenvalue weighted by Gasteiger charge is -2.10. The summed E-state index contributed by atoms with van der Waals surface area (Å²) in [6.45, 7) is -0.263. The zero-order chi connectivity index (χ0) is 16.9. The third-order valence-corrected chi connectivity index (χ3v) is 3.35. The largest absolute Gasteiger partial charge is 0.488 e. The van der Waals surface area contributed by atoms with E-state index >= 15 is 0 Å². The van der Waals surface area contributed by atoms with Crippen LogP contribution in [-0.2, 0) is 6.54 Å². The van der Waals surface area contributed by atoms with Gasteiger partial charge in [0.15, 0.2) is 0 Å². The molecular formula is C17H14F3N3O. The maximum absolute atomic E-state index is 13.7. The summed E-state index contributed by atoms with van der Waals surface area (Å²) in [4.78, 5) is 8.06. The molecule has 2 aromatic carbocycles. The number of aromatic nitrogens is 2. The van der Waals surface area contributed by atoms with E-state index < -0.39 is 18.8 Å². The Morgan fingerprint density at radius 3 is 2.75 bits per heavy atom. The molecule has 1 heterocycles. The quantitative estimate of drug-likeness (QED) is 0.740. The standard InChI is InChI=1S/C17H14F3N3O/c18-14-6-2-5-13-16(14)22-10-23-17(13)21-8-11-3-1-4-12(7-11)24-9-15(19)20/h1-7,10,15H,8-9H2,(H,21,22,23). The van der Waals surface area contributed by atoms with Crippen molar-refractivity contribution in [2.75, 3.05) is 11.9 Å². The molecular weight excluding hydrogens is 319 g/mol. The number of halogens is 3. The minimum absolute atomic E-state index is 0.240. The van der Waals surface area contributed by atoms with E-state index in [2.05, 4.69) is 15.3 Å². The summed E-state index contributed by atoms with van der Waals surface area (Å²) in [5, 5.41) is 3.67. The summed E-state index contributed by atoms with van der Waals surface area (Å²) in [5.74, 6) is 0.451. The Morgan fingerprint density at radius 1 is 1.08 bits per heavy atom. The first-order valence-corrected chi connectivity index (χ1v) is 7.26. The Balaban J connectivity index is 1.74. The van der Waals surface area contributed by atoms with Crippen LogP contribution in [0.2, 0.25) is 0 Å². The van der Waals surface area contributed by atoms with Crippen molar-refractivity contribution in [2.24, 2.45) is 0 Å². The molecule has 0 bridgehead atoms. The maximum Gasteiger partial charge on any atom is 0.272 e. The second kappa shape index (κ2) is 7.16. The van der Waals surface area contributed by atoms with Crippen LogP contribution < -0.4 is 10.1 Å². The molecule has 0 spiro atoms. The minimum Gasteiger partial charge on any atom is -0.488 e. The van der Waals surface area contributed by atoms with Crippen LogP contribution in [0.15, 0.2) is 48.8 Å². The zero-order valence-corrected chi connectivity index (χ0v) is 12.5. The third kappa shape index (κ3) is 3.73. The monoisotopic (exact) mass is 333 g/mol. The van der Waals surface area contributed by atoms with Crippen LogP contribution in [0, 0.1) is 5.82 Å². The lowest BCUT2D eigenvalue weighted by atomic mass is 10.2. The number of fused-ring (bicyclic) bond motifs is 1. The number of rotatable bonds is 6. The molecule has 0 aliphatic carbocycles. The highest BCUT2D eigenvalue weighted by molar-refractivity contribution is 5.89. The van der Waals surface area contributed by atoms with Crippen molar-refractivity contribution < 1.29 is 17.9 Å². The summed E-state index contributed by atoms with van der Waals surface area (Å²) < 4.78 is 43.1. The van der Waals surface area contributed by atoms with Gasteiger partial charge in [0.05, 0.1) is 0 Å². The Bertz CT molecular complexity index is 842. The Labute approximate surface area is 136 Å². The predicted molar refractivity (Wildman–Crippen MR) is 84.8 cm³/mol. The van der Waals surface area contributed by atoms with E-state index in [1.165, 1.54) is 12.4 Å². The molecule has 4 nitrogen and oxygen atoms in total. The lowest BCUT2D eigenvalue weighted by molar-refractivity contribution is 0.0818. The molecule has 1 aromatic heterocycles. The highest BCUT2D eigenvalue weighted by atomic mass is 19.3. The molecule has 7 heteroatoms. The highest BCUT2D eigenvalue weighted by Gasteiger charge is 2.08. The molecule has 1 N–H and O–H groups in total. The fourth-order valence-electron chi connectivity index (χ4n) is 2.28. The molecule has 0 unspecified atom stereocenters. The van der Waals surface area contributed by atoms with Gasteiger partial charge in [-0.2, -0.15) is 0 Å². The summed E-state index contributed by atoms with van der Waals surface area (Å²) in [7, 11) is 0. The van der Waals surface area contributed by atoms with Crippen LogP contribution in [0.4, 0.5) is 19.0 Å². The molecule has 3 rings (SSSR count). The van der Waals surface area contributed by atoms with Crippen molar-refractivity contribution in [3.8, 4) is 5.75 Å². The maximum atomic E-state index is 13.7. The van der Waals surface area contributed by atoms with Gasteiger partial charge in [-0.1, -0.05) is 18.2 Å². The van der Waals surface area contributed by atoms with Gasteiger partial charge >= 0.3 is 0 Å². The van der Waals surface area contributed by atoms with Gasteiger partial charge in [-0.15, -0.1) is 0 Å². The molecule has 0 saturated carbocycles. The minimum atomic E-state index is -2.52. The van der Waals surface area contributed by atoms with Crippen LogP contribution in [0.1, 0.15) is 5.56 Å². The first kappa shape index (κ1) is 16.0. The van der Waals surface area contributed by atoms with Crippen molar-refractivity contribution >= 4 is 16.7 Å². The predicted octanol–water partition coefficient (Wildman–Crippen LogP) is 4.02. The fourth-order valence-corrected chi connectivity index (χ4v) is 2.28. The Kier molecular flexibility index (Phi) is 4.79.